The fraction of sp³-hybridized carbons (Fsp3) is 0.150. The van der Waals surface area contributed by atoms with Gasteiger partial charge >= 0.3 is 0 Å². The van der Waals surface area contributed by atoms with Crippen LogP contribution in [0, 0.1) is 18.3 Å². The summed E-state index contributed by atoms with van der Waals surface area (Å²) in [6.07, 6.45) is 0.903. The zero-order valence-corrected chi connectivity index (χ0v) is 14.6. The van der Waals surface area contributed by atoms with E-state index in [-0.39, 0.29) is 5.91 Å². The van der Waals surface area contributed by atoms with Crippen molar-refractivity contribution in [2.24, 2.45) is 0 Å². The maximum atomic E-state index is 12.1. The van der Waals surface area contributed by atoms with Crippen molar-refractivity contribution >= 4 is 22.9 Å². The molecule has 0 saturated heterocycles. The smallest absolute Gasteiger partial charge is 0.224 e. The van der Waals surface area contributed by atoms with Crippen LogP contribution in [0.15, 0.2) is 53.9 Å². The van der Waals surface area contributed by atoms with Gasteiger partial charge in [-0.3, -0.25) is 4.79 Å². The zero-order chi connectivity index (χ0) is 17.6. The van der Waals surface area contributed by atoms with Gasteiger partial charge < -0.3 is 5.32 Å². The van der Waals surface area contributed by atoms with Gasteiger partial charge in [-0.1, -0.05) is 42.0 Å². The van der Waals surface area contributed by atoms with Gasteiger partial charge in [0.05, 0.1) is 16.9 Å². The molecule has 124 valence electrons. The Kier molecular flexibility index (Phi) is 5.22. The Hall–Kier alpha value is -2.97. The highest BCUT2D eigenvalue weighted by Crippen LogP contribution is 2.24. The van der Waals surface area contributed by atoms with Crippen LogP contribution < -0.4 is 5.32 Å². The molecule has 3 rings (SSSR count). The van der Waals surface area contributed by atoms with Gasteiger partial charge in [-0.05, 0) is 25.5 Å². The van der Waals surface area contributed by atoms with Crippen LogP contribution in [0.4, 0.5) is 5.69 Å². The Morgan fingerprint density at radius 2 is 1.96 bits per heavy atom. The first-order chi connectivity index (χ1) is 12.2. The highest BCUT2D eigenvalue weighted by atomic mass is 32.1. The largest absolute Gasteiger partial charge is 0.325 e. The van der Waals surface area contributed by atoms with Gasteiger partial charge in [-0.25, -0.2) is 4.98 Å². The third-order valence-corrected chi connectivity index (χ3v) is 4.72. The average Bonchev–Trinajstić information content (AvgIpc) is 3.10. The molecule has 1 heterocycles. The molecular formula is C20H17N3OS. The molecule has 1 N–H and O–H groups in total. The van der Waals surface area contributed by atoms with E-state index in [2.05, 4.69) is 47.6 Å². The van der Waals surface area contributed by atoms with Crippen LogP contribution in [0.25, 0.3) is 10.6 Å². The molecule has 5 heteroatoms. The zero-order valence-electron chi connectivity index (χ0n) is 13.8. The minimum absolute atomic E-state index is 0.118. The number of carbonyl (C=O) groups is 1. The van der Waals surface area contributed by atoms with E-state index < -0.39 is 0 Å². The maximum Gasteiger partial charge on any atom is 0.224 e. The summed E-state index contributed by atoms with van der Waals surface area (Å²) in [7, 11) is 0. The number of benzene rings is 2. The van der Waals surface area contributed by atoms with E-state index in [9.17, 15) is 4.79 Å². The number of nitriles is 1. The lowest BCUT2D eigenvalue weighted by atomic mass is 10.1. The summed E-state index contributed by atoms with van der Waals surface area (Å²) >= 11 is 1.58. The van der Waals surface area contributed by atoms with E-state index >= 15 is 0 Å². The highest BCUT2D eigenvalue weighted by Gasteiger charge is 2.09. The second-order valence-corrected chi connectivity index (χ2v) is 6.57. The summed E-state index contributed by atoms with van der Waals surface area (Å²) < 4.78 is 0. The molecule has 0 fully saturated rings. The molecule has 3 aromatic rings. The predicted octanol–water partition coefficient (Wildman–Crippen LogP) is 4.56. The second kappa shape index (κ2) is 7.73. The molecular weight excluding hydrogens is 330 g/mol. The molecule has 0 radical (unpaired) electrons. The molecule has 1 amide bonds. The van der Waals surface area contributed by atoms with Crippen molar-refractivity contribution in [1.82, 2.24) is 4.98 Å². The molecule has 1 aromatic heterocycles. The number of para-hydroxylation sites is 1. The molecule has 4 nitrogen and oxygen atoms in total. The number of carbonyl (C=O) groups excluding carboxylic acids is 1. The maximum absolute atomic E-state index is 12.1. The van der Waals surface area contributed by atoms with E-state index in [4.69, 9.17) is 5.26 Å². The summed E-state index contributed by atoms with van der Waals surface area (Å²) in [5, 5.41) is 14.8. The van der Waals surface area contributed by atoms with Crippen molar-refractivity contribution in [3.05, 3.63) is 70.7 Å². The number of aromatic nitrogens is 1. The van der Waals surface area contributed by atoms with E-state index in [1.165, 1.54) is 5.56 Å². The number of rotatable bonds is 5. The number of anilines is 1. The molecule has 0 saturated carbocycles. The van der Waals surface area contributed by atoms with Gasteiger partial charge in [0.25, 0.3) is 0 Å². The van der Waals surface area contributed by atoms with Crippen LogP contribution >= 0.6 is 11.3 Å². The first-order valence-electron chi connectivity index (χ1n) is 7.96. The lowest BCUT2D eigenvalue weighted by Gasteiger charge is -2.05. The van der Waals surface area contributed by atoms with E-state index in [0.29, 0.717) is 24.1 Å². The molecule has 2 aromatic carbocycles. The number of nitrogens with zero attached hydrogens (tertiary/aromatic N) is 2. The first kappa shape index (κ1) is 16.9. The third kappa shape index (κ3) is 4.31. The number of thiazole rings is 1. The Morgan fingerprint density at radius 1 is 1.20 bits per heavy atom. The summed E-state index contributed by atoms with van der Waals surface area (Å²) in [5.74, 6) is -0.118. The molecule has 0 aliphatic rings. The Labute approximate surface area is 150 Å². The third-order valence-electron chi connectivity index (χ3n) is 3.78. The molecule has 25 heavy (non-hydrogen) atoms. The first-order valence-corrected chi connectivity index (χ1v) is 8.84. The van der Waals surface area contributed by atoms with E-state index in [1.54, 1.807) is 35.6 Å². The van der Waals surface area contributed by atoms with Gasteiger partial charge in [0.2, 0.25) is 5.91 Å². The molecule has 0 atom stereocenters. The second-order valence-electron chi connectivity index (χ2n) is 5.72. The number of aryl methyl sites for hydroxylation is 2. The Morgan fingerprint density at radius 3 is 2.72 bits per heavy atom. The summed E-state index contributed by atoms with van der Waals surface area (Å²) in [6, 6.07) is 17.3. The number of nitrogens with one attached hydrogen (secondary N) is 1. The van der Waals surface area contributed by atoms with Crippen LogP contribution in [0.5, 0.6) is 0 Å². The van der Waals surface area contributed by atoms with Crippen molar-refractivity contribution in [1.29, 1.82) is 5.26 Å². The Bertz CT molecular complexity index is 923. The van der Waals surface area contributed by atoms with Gasteiger partial charge in [0, 0.05) is 17.4 Å². The average molecular weight is 347 g/mol. The van der Waals surface area contributed by atoms with E-state index in [0.717, 1.165) is 16.3 Å². The van der Waals surface area contributed by atoms with Crippen molar-refractivity contribution in [3.63, 3.8) is 0 Å². The minimum atomic E-state index is -0.118. The van der Waals surface area contributed by atoms with Crippen molar-refractivity contribution in [2.45, 2.75) is 19.8 Å². The SMILES string of the molecule is Cc1ccc(-c2nc(CCC(=O)Nc3ccccc3C#N)cs2)cc1. The molecule has 0 aliphatic heterocycles. The van der Waals surface area contributed by atoms with Gasteiger partial charge in [0.1, 0.15) is 11.1 Å². The van der Waals surface area contributed by atoms with Crippen LogP contribution in [-0.4, -0.2) is 10.9 Å². The van der Waals surface area contributed by atoms with Gasteiger partial charge in [0.15, 0.2) is 0 Å². The highest BCUT2D eigenvalue weighted by molar-refractivity contribution is 7.13. The summed E-state index contributed by atoms with van der Waals surface area (Å²) in [6.45, 7) is 2.06. The van der Waals surface area contributed by atoms with E-state index in [1.807, 2.05) is 5.38 Å². The number of hydrogen-bond donors (Lipinski definition) is 1. The molecule has 0 bridgehead atoms. The fourth-order valence-corrected chi connectivity index (χ4v) is 3.25. The quantitative estimate of drug-likeness (QED) is 0.735. The van der Waals surface area contributed by atoms with Crippen LogP contribution in [0.1, 0.15) is 23.2 Å². The monoisotopic (exact) mass is 347 g/mol. The number of amides is 1. The van der Waals surface area contributed by atoms with Crippen LogP contribution in [0.3, 0.4) is 0 Å². The lowest BCUT2D eigenvalue weighted by molar-refractivity contribution is -0.116. The van der Waals surface area contributed by atoms with Gasteiger partial charge in [-0.2, -0.15) is 5.26 Å². The lowest BCUT2D eigenvalue weighted by Crippen LogP contribution is -2.13. The summed E-state index contributed by atoms with van der Waals surface area (Å²) in [5.41, 5.74) is 4.23. The predicted molar refractivity (Wildman–Crippen MR) is 100 cm³/mol. The van der Waals surface area contributed by atoms with Gasteiger partial charge in [-0.15, -0.1) is 11.3 Å². The topological polar surface area (TPSA) is 65.8 Å². The normalized spacial score (nSPS) is 10.2. The minimum Gasteiger partial charge on any atom is -0.325 e. The van der Waals surface area contributed by atoms with Crippen molar-refractivity contribution < 1.29 is 4.79 Å². The fourth-order valence-electron chi connectivity index (χ4n) is 2.39. The van der Waals surface area contributed by atoms with Crippen LogP contribution in [-0.2, 0) is 11.2 Å². The van der Waals surface area contributed by atoms with Crippen molar-refractivity contribution in [2.75, 3.05) is 5.32 Å². The standard InChI is InChI=1S/C20H17N3OS/c1-14-6-8-15(9-7-14)20-22-17(13-25-20)10-11-19(24)23-18-5-3-2-4-16(18)12-21/h2-9,13H,10-11H2,1H3,(H,23,24). The van der Waals surface area contributed by atoms with Crippen molar-refractivity contribution in [3.8, 4) is 16.6 Å². The van der Waals surface area contributed by atoms with Crippen LogP contribution in [0.2, 0.25) is 0 Å². The molecule has 0 unspecified atom stereocenters. The summed E-state index contributed by atoms with van der Waals surface area (Å²) in [4.78, 5) is 16.7. The molecule has 0 spiro atoms. The number of hydrogen-bond acceptors (Lipinski definition) is 4. The Balaban J connectivity index is 1.59. The molecule has 0 aliphatic carbocycles.